The second-order valence-corrected chi connectivity index (χ2v) is 10.1. The zero-order valence-electron chi connectivity index (χ0n) is 23.2. The van der Waals surface area contributed by atoms with Crippen molar-refractivity contribution in [2.45, 2.75) is 19.4 Å². The predicted octanol–water partition coefficient (Wildman–Crippen LogP) is 3.73. The molecule has 0 spiro atoms. The van der Waals surface area contributed by atoms with Gasteiger partial charge in [0.2, 0.25) is 5.91 Å². The molecule has 6 rings (SSSR count). The third-order valence-electron chi connectivity index (χ3n) is 6.87. The van der Waals surface area contributed by atoms with Crippen LogP contribution in [0.5, 0.6) is 11.8 Å². The number of benzene rings is 2. The van der Waals surface area contributed by atoms with Crippen molar-refractivity contribution in [1.82, 2.24) is 29.5 Å². The number of rotatable bonds is 8. The molecule has 2 aromatic carbocycles. The second kappa shape index (κ2) is 10.8. The number of carboxylic acids is 1. The fourth-order valence-electron chi connectivity index (χ4n) is 4.94. The van der Waals surface area contributed by atoms with E-state index >= 15 is 0 Å². The molecule has 4 heterocycles. The molecular weight excluding hydrogens is 540 g/mol. The van der Waals surface area contributed by atoms with Gasteiger partial charge >= 0.3 is 12.0 Å². The monoisotopic (exact) mass is 568 g/mol. The van der Waals surface area contributed by atoms with Crippen LogP contribution in [0.25, 0.3) is 33.3 Å². The van der Waals surface area contributed by atoms with Crippen LogP contribution in [0.4, 0.5) is 11.4 Å². The van der Waals surface area contributed by atoms with Gasteiger partial charge in [-0.2, -0.15) is 10.2 Å². The molecule has 5 aromatic rings. The number of aromatic nitrogens is 6. The zero-order chi connectivity index (χ0) is 29.4. The van der Waals surface area contributed by atoms with Crippen LogP contribution < -0.4 is 20.1 Å². The summed E-state index contributed by atoms with van der Waals surface area (Å²) in [5.41, 5.74) is 5.87. The number of hydrogen-bond acceptors (Lipinski definition) is 9. The van der Waals surface area contributed by atoms with Gasteiger partial charge in [0.25, 0.3) is 0 Å². The maximum absolute atomic E-state index is 12.6. The number of carbonyl (C=O) groups excluding carboxylic acids is 1. The van der Waals surface area contributed by atoms with Crippen LogP contribution in [0.15, 0.2) is 55.1 Å². The van der Waals surface area contributed by atoms with Gasteiger partial charge in [-0.3, -0.25) is 14.2 Å². The number of hydrogen-bond donors (Lipinski definition) is 3. The fraction of sp³-hybridized carbons (Fsp3) is 0.241. The van der Waals surface area contributed by atoms with E-state index in [9.17, 15) is 9.59 Å². The first-order valence-electron chi connectivity index (χ1n) is 13.3. The van der Waals surface area contributed by atoms with Crippen molar-refractivity contribution in [1.29, 1.82) is 0 Å². The molecular formula is C29H28N8O5. The van der Waals surface area contributed by atoms with Gasteiger partial charge in [0.1, 0.15) is 24.7 Å². The topological polar surface area (TPSA) is 158 Å². The number of nitrogens with zero attached hydrogens (tertiary/aromatic N) is 6. The number of carbonyl (C=O) groups is 2. The number of nitrogens with one attached hydrogen (secondary N) is 2. The van der Waals surface area contributed by atoms with E-state index in [1.165, 1.54) is 12.4 Å². The highest BCUT2D eigenvalue weighted by Crippen LogP contribution is 2.42. The maximum Gasteiger partial charge on any atom is 0.338 e. The third kappa shape index (κ3) is 5.31. The van der Waals surface area contributed by atoms with Crippen LogP contribution in [-0.4, -0.2) is 65.8 Å². The highest BCUT2D eigenvalue weighted by molar-refractivity contribution is 6.03. The molecule has 0 aliphatic carbocycles. The quantitative estimate of drug-likeness (QED) is 0.236. The first-order valence-corrected chi connectivity index (χ1v) is 13.3. The number of aryl methyl sites for hydroxylation is 2. The second-order valence-electron chi connectivity index (χ2n) is 10.1. The number of anilines is 2. The summed E-state index contributed by atoms with van der Waals surface area (Å²) in [4.78, 5) is 31.4. The summed E-state index contributed by atoms with van der Waals surface area (Å²) in [5.74, 6) is -0.676. The first-order chi connectivity index (χ1) is 20.2. The van der Waals surface area contributed by atoms with Crippen molar-refractivity contribution in [3.8, 4) is 34.1 Å². The van der Waals surface area contributed by atoms with E-state index in [-0.39, 0.29) is 36.7 Å². The number of fused-ring (bicyclic) bond motifs is 2. The van der Waals surface area contributed by atoms with E-state index in [1.807, 2.05) is 50.1 Å². The molecule has 1 unspecified atom stereocenters. The molecule has 1 atom stereocenters. The van der Waals surface area contributed by atoms with E-state index in [1.54, 1.807) is 16.9 Å². The van der Waals surface area contributed by atoms with E-state index in [2.05, 4.69) is 31.8 Å². The Kier molecular flexibility index (Phi) is 6.90. The molecule has 0 saturated carbocycles. The van der Waals surface area contributed by atoms with Crippen LogP contribution in [0.3, 0.4) is 0 Å². The van der Waals surface area contributed by atoms with Gasteiger partial charge in [0.05, 0.1) is 28.7 Å². The molecule has 0 saturated heterocycles. The Hall–Kier alpha value is -5.46. The fourth-order valence-corrected chi connectivity index (χ4v) is 4.94. The molecule has 13 nitrogen and oxygen atoms in total. The van der Waals surface area contributed by atoms with E-state index < -0.39 is 5.97 Å². The molecule has 3 aromatic heterocycles. The molecule has 214 valence electrons. The molecule has 42 heavy (non-hydrogen) atoms. The number of aromatic carboxylic acids is 1. The standard InChI is InChI=1S/C29H28N8O5/c1-16-8-25(38)34-23-11-20(41-6-7-42-29-30-12-18(13-31-29)28(39)40)10-21(27(23)33-16)17-4-5-24-22(9-17)26(35-37(24)3)19-14-32-36(2)15-19/h4-5,9-16,33H,6-8H2,1-3H3,(H,34,38)(H,39,40). The van der Waals surface area contributed by atoms with Gasteiger partial charge < -0.3 is 25.2 Å². The molecule has 0 radical (unpaired) electrons. The van der Waals surface area contributed by atoms with Crippen LogP contribution in [-0.2, 0) is 18.9 Å². The minimum absolute atomic E-state index is 0.0295. The Bertz CT molecular complexity index is 1810. The van der Waals surface area contributed by atoms with Crippen LogP contribution >= 0.6 is 0 Å². The lowest BCUT2D eigenvalue weighted by molar-refractivity contribution is -0.116. The summed E-state index contributed by atoms with van der Waals surface area (Å²) in [6.45, 7) is 2.25. The molecule has 3 N–H and O–H groups in total. The van der Waals surface area contributed by atoms with Crippen molar-refractivity contribution in [2.75, 3.05) is 23.8 Å². The molecule has 1 amide bonds. The van der Waals surface area contributed by atoms with Gasteiger partial charge in [-0.25, -0.2) is 14.8 Å². The number of amides is 1. The highest BCUT2D eigenvalue weighted by Gasteiger charge is 2.23. The average molecular weight is 569 g/mol. The lowest BCUT2D eigenvalue weighted by Crippen LogP contribution is -2.19. The smallest absolute Gasteiger partial charge is 0.338 e. The summed E-state index contributed by atoms with van der Waals surface area (Å²) in [5, 5.41) is 25.5. The molecule has 1 aliphatic rings. The van der Waals surface area contributed by atoms with Gasteiger partial charge in [-0.1, -0.05) is 6.07 Å². The molecule has 13 heteroatoms. The van der Waals surface area contributed by atoms with Crippen molar-refractivity contribution >= 4 is 34.2 Å². The SMILES string of the molecule is CC1CC(=O)Nc2cc(OCCOc3ncc(C(=O)O)cn3)cc(-c3ccc4c(c3)c(-c3cnn(C)c3)nn4C)c2N1. The molecule has 0 bridgehead atoms. The van der Waals surface area contributed by atoms with E-state index in [0.717, 1.165) is 39.0 Å². The van der Waals surface area contributed by atoms with Gasteiger partial charge in [-0.15, -0.1) is 0 Å². The van der Waals surface area contributed by atoms with Gasteiger partial charge in [0, 0.05) is 67.7 Å². The summed E-state index contributed by atoms with van der Waals surface area (Å²) in [6, 6.07) is 9.82. The Morgan fingerprint density at radius 2 is 1.86 bits per heavy atom. The molecule has 0 fully saturated rings. The largest absolute Gasteiger partial charge is 0.490 e. The van der Waals surface area contributed by atoms with Crippen LogP contribution in [0.1, 0.15) is 23.7 Å². The molecule has 1 aliphatic heterocycles. The van der Waals surface area contributed by atoms with Crippen LogP contribution in [0, 0.1) is 0 Å². The van der Waals surface area contributed by atoms with Crippen molar-refractivity contribution in [2.24, 2.45) is 14.1 Å². The van der Waals surface area contributed by atoms with Crippen molar-refractivity contribution in [3.05, 3.63) is 60.7 Å². The highest BCUT2D eigenvalue weighted by atomic mass is 16.5. The predicted molar refractivity (Wildman–Crippen MR) is 155 cm³/mol. The Balaban J connectivity index is 1.32. The summed E-state index contributed by atoms with van der Waals surface area (Å²) < 4.78 is 15.1. The van der Waals surface area contributed by atoms with Gasteiger partial charge in [-0.05, 0) is 30.7 Å². The number of carboxylic acid groups (broad SMARTS) is 1. The Morgan fingerprint density at radius 3 is 2.60 bits per heavy atom. The Morgan fingerprint density at radius 1 is 1.07 bits per heavy atom. The minimum atomic E-state index is -1.11. The third-order valence-corrected chi connectivity index (χ3v) is 6.87. The van der Waals surface area contributed by atoms with E-state index in [4.69, 9.17) is 19.7 Å². The summed E-state index contributed by atoms with van der Waals surface area (Å²) >= 11 is 0. The summed E-state index contributed by atoms with van der Waals surface area (Å²) in [7, 11) is 3.78. The summed E-state index contributed by atoms with van der Waals surface area (Å²) in [6.07, 6.45) is 6.41. The van der Waals surface area contributed by atoms with Crippen LogP contribution in [0.2, 0.25) is 0 Å². The van der Waals surface area contributed by atoms with Crippen molar-refractivity contribution < 1.29 is 24.2 Å². The minimum Gasteiger partial charge on any atom is -0.490 e. The lowest BCUT2D eigenvalue weighted by Gasteiger charge is -2.19. The Labute approximate surface area is 240 Å². The zero-order valence-corrected chi connectivity index (χ0v) is 23.2. The van der Waals surface area contributed by atoms with Crippen molar-refractivity contribution in [3.63, 3.8) is 0 Å². The lowest BCUT2D eigenvalue weighted by atomic mass is 9.98. The first kappa shape index (κ1) is 26.7. The average Bonchev–Trinajstić information content (AvgIpc) is 3.50. The number of ether oxygens (including phenoxy) is 2. The maximum atomic E-state index is 12.6. The normalized spacial score (nSPS) is 14.5. The van der Waals surface area contributed by atoms with E-state index in [0.29, 0.717) is 17.9 Å². The van der Waals surface area contributed by atoms with Gasteiger partial charge in [0.15, 0.2) is 0 Å².